The molecule has 144 valence electrons. The zero-order valence-corrected chi connectivity index (χ0v) is 16.9. The third kappa shape index (κ3) is 3.56. The van der Waals surface area contributed by atoms with Gasteiger partial charge >= 0.3 is 0 Å². The van der Waals surface area contributed by atoms with Crippen molar-refractivity contribution < 1.29 is 4.79 Å². The number of benzene rings is 2. The van der Waals surface area contributed by atoms with Crippen LogP contribution in [0.4, 0.5) is 0 Å². The topological polar surface area (TPSA) is 36.4 Å². The number of aromatic nitrogens is 1. The summed E-state index contributed by atoms with van der Waals surface area (Å²) in [4.78, 5) is 23.7. The second-order valence-corrected chi connectivity index (χ2v) is 8.97. The summed E-state index contributed by atoms with van der Waals surface area (Å²) in [5, 5.41) is 3.64. The van der Waals surface area contributed by atoms with Crippen LogP contribution in [0.2, 0.25) is 0 Å². The van der Waals surface area contributed by atoms with Gasteiger partial charge in [-0.05, 0) is 35.6 Å². The monoisotopic (exact) mass is 391 g/mol. The highest BCUT2D eigenvalue weighted by atomic mass is 32.1. The molecular weight excluding hydrogens is 366 g/mol. The van der Waals surface area contributed by atoms with Crippen LogP contribution in [0.1, 0.15) is 27.6 Å². The minimum atomic E-state index is 0.240. The Kier molecular flexibility index (Phi) is 4.87. The number of aryl methyl sites for hydroxylation is 2. The maximum absolute atomic E-state index is 12.9. The van der Waals surface area contributed by atoms with Gasteiger partial charge in [0.1, 0.15) is 5.01 Å². The van der Waals surface area contributed by atoms with Crippen LogP contribution < -0.4 is 0 Å². The zero-order valence-electron chi connectivity index (χ0n) is 16.1. The Balaban J connectivity index is 1.18. The molecule has 5 rings (SSSR count). The predicted molar refractivity (Wildman–Crippen MR) is 114 cm³/mol. The van der Waals surface area contributed by atoms with Gasteiger partial charge in [-0.2, -0.15) is 0 Å². The van der Waals surface area contributed by atoms with Gasteiger partial charge in [-0.15, -0.1) is 11.3 Å². The maximum atomic E-state index is 12.9. The summed E-state index contributed by atoms with van der Waals surface area (Å²) in [6.45, 7) is 4.43. The predicted octanol–water partition coefficient (Wildman–Crippen LogP) is 3.67. The Morgan fingerprint density at radius 3 is 2.68 bits per heavy atom. The van der Waals surface area contributed by atoms with Crippen molar-refractivity contribution in [3.63, 3.8) is 0 Å². The fourth-order valence-corrected chi connectivity index (χ4v) is 5.58. The first-order valence-corrected chi connectivity index (χ1v) is 11.0. The number of fused-ring (bicyclic) bond motifs is 2. The smallest absolute Gasteiger partial charge is 0.227 e. The Labute approximate surface area is 169 Å². The Hall–Kier alpha value is -2.24. The standard InChI is InChI=1S/C23H25N3OS/c27-23(15-18-7-3-6-17-5-1-2-8-19(17)18)26-13-11-25(12-14-26)16-22-24-20-9-4-10-21(20)28-22/h1-3,5-8H,4,9-16H2. The van der Waals surface area contributed by atoms with Gasteiger partial charge in [0.15, 0.2) is 0 Å². The molecule has 2 heterocycles. The first-order valence-electron chi connectivity index (χ1n) is 10.2. The molecule has 1 amide bonds. The van der Waals surface area contributed by atoms with E-state index in [0.717, 1.165) is 44.7 Å². The molecule has 0 N–H and O–H groups in total. The zero-order chi connectivity index (χ0) is 18.9. The van der Waals surface area contributed by atoms with Gasteiger partial charge in [0.2, 0.25) is 5.91 Å². The number of hydrogen-bond acceptors (Lipinski definition) is 4. The van der Waals surface area contributed by atoms with Crippen LogP contribution in [0.25, 0.3) is 10.8 Å². The van der Waals surface area contributed by atoms with E-state index >= 15 is 0 Å². The van der Waals surface area contributed by atoms with Gasteiger partial charge in [-0.3, -0.25) is 9.69 Å². The molecule has 0 bridgehead atoms. The van der Waals surface area contributed by atoms with E-state index in [1.807, 2.05) is 34.4 Å². The largest absolute Gasteiger partial charge is 0.340 e. The molecule has 1 fully saturated rings. The van der Waals surface area contributed by atoms with Crippen molar-refractivity contribution in [1.29, 1.82) is 0 Å². The average Bonchev–Trinajstić information content (AvgIpc) is 3.30. The van der Waals surface area contributed by atoms with Gasteiger partial charge in [-0.1, -0.05) is 42.5 Å². The molecule has 2 aromatic carbocycles. The van der Waals surface area contributed by atoms with Crippen molar-refractivity contribution in [2.45, 2.75) is 32.2 Å². The highest BCUT2D eigenvalue weighted by Gasteiger charge is 2.23. The normalized spacial score (nSPS) is 17.2. The van der Waals surface area contributed by atoms with E-state index in [1.54, 1.807) is 0 Å². The summed E-state index contributed by atoms with van der Waals surface area (Å²) in [6, 6.07) is 14.6. The average molecular weight is 392 g/mol. The van der Waals surface area contributed by atoms with Crippen LogP contribution >= 0.6 is 11.3 Å². The van der Waals surface area contributed by atoms with Crippen LogP contribution in [0.15, 0.2) is 42.5 Å². The number of thiazole rings is 1. The summed E-state index contributed by atoms with van der Waals surface area (Å²) in [5.41, 5.74) is 2.46. The van der Waals surface area contributed by atoms with Crippen LogP contribution in [0, 0.1) is 0 Å². The highest BCUT2D eigenvalue weighted by molar-refractivity contribution is 7.11. The third-order valence-electron chi connectivity index (χ3n) is 5.95. The molecule has 0 atom stereocenters. The molecule has 2 aliphatic rings. The van der Waals surface area contributed by atoms with E-state index < -0.39 is 0 Å². The molecule has 0 unspecified atom stereocenters. The van der Waals surface area contributed by atoms with Crippen molar-refractivity contribution in [1.82, 2.24) is 14.8 Å². The number of hydrogen-bond donors (Lipinski definition) is 0. The summed E-state index contributed by atoms with van der Waals surface area (Å²) in [5.74, 6) is 0.240. The van der Waals surface area contributed by atoms with E-state index in [4.69, 9.17) is 4.98 Å². The molecule has 0 radical (unpaired) electrons. The van der Waals surface area contributed by atoms with Crippen molar-refractivity contribution >= 4 is 28.0 Å². The second kappa shape index (κ2) is 7.64. The lowest BCUT2D eigenvalue weighted by molar-refractivity contribution is -0.132. The lowest BCUT2D eigenvalue weighted by Crippen LogP contribution is -2.48. The van der Waals surface area contributed by atoms with Crippen LogP contribution in [-0.2, 0) is 30.6 Å². The molecule has 28 heavy (non-hydrogen) atoms. The van der Waals surface area contributed by atoms with Gasteiger partial charge in [0.05, 0.1) is 18.7 Å². The lowest BCUT2D eigenvalue weighted by Gasteiger charge is -2.34. The summed E-state index contributed by atoms with van der Waals surface area (Å²) in [7, 11) is 0. The first kappa shape index (κ1) is 17.8. The number of nitrogens with zero attached hydrogens (tertiary/aromatic N) is 3. The van der Waals surface area contributed by atoms with Crippen molar-refractivity contribution in [3.8, 4) is 0 Å². The van der Waals surface area contributed by atoms with Crippen molar-refractivity contribution in [2.24, 2.45) is 0 Å². The Morgan fingerprint density at radius 1 is 1.00 bits per heavy atom. The van der Waals surface area contributed by atoms with Crippen LogP contribution in [-0.4, -0.2) is 46.9 Å². The molecule has 0 spiro atoms. The molecule has 0 saturated carbocycles. The summed E-state index contributed by atoms with van der Waals surface area (Å²) in [6.07, 6.45) is 4.12. The lowest BCUT2D eigenvalue weighted by atomic mass is 10.0. The number of carbonyl (C=O) groups is 1. The molecular formula is C23H25N3OS. The number of rotatable bonds is 4. The summed E-state index contributed by atoms with van der Waals surface area (Å²) >= 11 is 1.89. The number of amides is 1. The first-order chi connectivity index (χ1) is 13.8. The Bertz CT molecular complexity index is 977. The fraction of sp³-hybridized carbons (Fsp3) is 0.391. The SMILES string of the molecule is O=C(Cc1cccc2ccccc12)N1CCN(Cc2nc3c(s2)CCC3)CC1. The quantitative estimate of drug-likeness (QED) is 0.681. The van der Waals surface area contributed by atoms with E-state index in [0.29, 0.717) is 6.42 Å². The van der Waals surface area contributed by atoms with Crippen LogP contribution in [0.5, 0.6) is 0 Å². The Morgan fingerprint density at radius 2 is 1.82 bits per heavy atom. The van der Waals surface area contributed by atoms with Crippen LogP contribution in [0.3, 0.4) is 0 Å². The molecule has 5 heteroatoms. The second-order valence-electron chi connectivity index (χ2n) is 7.80. The molecule has 3 aromatic rings. The van der Waals surface area contributed by atoms with Crippen molar-refractivity contribution in [2.75, 3.05) is 26.2 Å². The van der Waals surface area contributed by atoms with Crippen molar-refractivity contribution in [3.05, 3.63) is 63.6 Å². The fourth-order valence-electron chi connectivity index (χ4n) is 4.38. The van der Waals surface area contributed by atoms with Gasteiger partial charge in [-0.25, -0.2) is 4.98 Å². The minimum absolute atomic E-state index is 0.240. The van der Waals surface area contributed by atoms with Gasteiger partial charge in [0, 0.05) is 31.1 Å². The van der Waals surface area contributed by atoms with E-state index in [1.165, 1.54) is 39.2 Å². The van der Waals surface area contributed by atoms with E-state index in [2.05, 4.69) is 29.2 Å². The minimum Gasteiger partial charge on any atom is -0.340 e. The highest BCUT2D eigenvalue weighted by Crippen LogP contribution is 2.28. The van der Waals surface area contributed by atoms with E-state index in [-0.39, 0.29) is 5.91 Å². The maximum Gasteiger partial charge on any atom is 0.227 e. The molecule has 1 aromatic heterocycles. The summed E-state index contributed by atoms with van der Waals surface area (Å²) < 4.78 is 0. The molecule has 1 aliphatic heterocycles. The molecule has 1 saturated heterocycles. The third-order valence-corrected chi connectivity index (χ3v) is 7.09. The number of carbonyl (C=O) groups excluding carboxylic acids is 1. The number of piperazine rings is 1. The van der Waals surface area contributed by atoms with E-state index in [9.17, 15) is 4.79 Å². The van der Waals surface area contributed by atoms with Gasteiger partial charge < -0.3 is 4.90 Å². The van der Waals surface area contributed by atoms with Gasteiger partial charge in [0.25, 0.3) is 0 Å². The molecule has 4 nitrogen and oxygen atoms in total. The molecule has 1 aliphatic carbocycles.